The molecule has 3 N–H and O–H groups in total. The number of hydrogen-bond donors (Lipinski definition) is 3. The van der Waals surface area contributed by atoms with Gasteiger partial charge in [0.1, 0.15) is 0 Å². The molecular formula is C7H13NO2. The molecule has 0 fully saturated rings. The number of nitrogens with one attached hydrogen (secondary N) is 1. The van der Waals surface area contributed by atoms with Crippen LogP contribution in [-0.2, 0) is 0 Å². The Balaban J connectivity index is 3.71. The largest absolute Gasteiger partial charge is 0.394 e. The number of aliphatic hydroxyl groups excluding tert-OH is 2. The van der Waals surface area contributed by atoms with Gasteiger partial charge in [-0.1, -0.05) is 5.92 Å². The molecule has 58 valence electrons. The van der Waals surface area contributed by atoms with Crippen LogP contribution < -0.4 is 5.32 Å². The van der Waals surface area contributed by atoms with Crippen LogP contribution in [0.3, 0.4) is 0 Å². The average molecular weight is 143 g/mol. The molecule has 0 unspecified atom stereocenters. The van der Waals surface area contributed by atoms with E-state index in [2.05, 4.69) is 11.2 Å². The monoisotopic (exact) mass is 143 g/mol. The third kappa shape index (κ3) is 2.83. The second-order valence-corrected chi connectivity index (χ2v) is 2.43. The highest BCUT2D eigenvalue weighted by Crippen LogP contribution is 1.98. The summed E-state index contributed by atoms with van der Waals surface area (Å²) in [5, 5.41) is 20.3. The Kier molecular flexibility index (Phi) is 4.05. The molecule has 3 heteroatoms. The van der Waals surface area contributed by atoms with Crippen LogP contribution >= 0.6 is 0 Å². The average Bonchev–Trinajstić information content (AvgIpc) is 2.00. The Morgan fingerprint density at radius 1 is 1.50 bits per heavy atom. The lowest BCUT2D eigenvalue weighted by atomic mass is 10.1. The first-order chi connectivity index (χ1) is 4.68. The molecule has 0 aromatic rings. The van der Waals surface area contributed by atoms with E-state index in [0.29, 0.717) is 6.54 Å². The van der Waals surface area contributed by atoms with E-state index in [1.165, 1.54) is 0 Å². The second kappa shape index (κ2) is 4.29. The lowest BCUT2D eigenvalue weighted by molar-refractivity contribution is 0.108. The number of hydrogen-bond acceptors (Lipinski definition) is 3. The normalized spacial score (nSPS) is 11.0. The van der Waals surface area contributed by atoms with Crippen molar-refractivity contribution in [2.24, 2.45) is 0 Å². The van der Waals surface area contributed by atoms with Gasteiger partial charge in [0.25, 0.3) is 0 Å². The Hall–Kier alpha value is -0.560. The molecule has 0 aromatic heterocycles. The van der Waals surface area contributed by atoms with Crippen molar-refractivity contribution in [3.05, 3.63) is 0 Å². The molecule has 0 atom stereocenters. The fourth-order valence-electron chi connectivity index (χ4n) is 0.426. The topological polar surface area (TPSA) is 52.5 Å². The van der Waals surface area contributed by atoms with Crippen molar-refractivity contribution in [3.63, 3.8) is 0 Å². The second-order valence-electron chi connectivity index (χ2n) is 2.43. The van der Waals surface area contributed by atoms with Gasteiger partial charge in [0.15, 0.2) is 0 Å². The third-order valence-electron chi connectivity index (χ3n) is 1.32. The fourth-order valence-corrected chi connectivity index (χ4v) is 0.426. The molecule has 0 rings (SSSR count). The van der Waals surface area contributed by atoms with E-state index in [4.69, 9.17) is 16.6 Å². The summed E-state index contributed by atoms with van der Waals surface area (Å²) in [5.74, 6) is 2.36. The summed E-state index contributed by atoms with van der Waals surface area (Å²) in [6.45, 7) is 1.82. The van der Waals surface area contributed by atoms with E-state index in [0.717, 1.165) is 0 Å². The first kappa shape index (κ1) is 9.44. The van der Waals surface area contributed by atoms with Gasteiger partial charge in [-0.15, -0.1) is 6.42 Å². The molecule has 0 saturated carbocycles. The zero-order valence-electron chi connectivity index (χ0n) is 6.09. The highest BCUT2D eigenvalue weighted by molar-refractivity contribution is 4.92. The lowest BCUT2D eigenvalue weighted by Gasteiger charge is -2.24. The van der Waals surface area contributed by atoms with Gasteiger partial charge in [0.05, 0.1) is 25.3 Å². The van der Waals surface area contributed by atoms with Gasteiger partial charge in [0, 0.05) is 0 Å². The van der Waals surface area contributed by atoms with Crippen LogP contribution in [0.15, 0.2) is 0 Å². The SMILES string of the molecule is C#CCNC(C)(CO)CO. The fraction of sp³-hybridized carbons (Fsp3) is 0.714. The molecule has 10 heavy (non-hydrogen) atoms. The quantitative estimate of drug-likeness (QED) is 0.440. The van der Waals surface area contributed by atoms with Crippen molar-refractivity contribution in [3.8, 4) is 12.3 Å². The molecule has 0 aliphatic carbocycles. The lowest BCUT2D eigenvalue weighted by Crippen LogP contribution is -2.49. The predicted octanol–water partition coefficient (Wildman–Crippen LogP) is -1.05. The molecule has 0 spiro atoms. The highest BCUT2D eigenvalue weighted by atomic mass is 16.3. The Bertz CT molecular complexity index is 124. The maximum Gasteiger partial charge on any atom is 0.0633 e. The van der Waals surface area contributed by atoms with Crippen LogP contribution in [-0.4, -0.2) is 35.5 Å². The van der Waals surface area contributed by atoms with Crippen molar-refractivity contribution >= 4 is 0 Å². The van der Waals surface area contributed by atoms with Crippen LogP contribution in [0.2, 0.25) is 0 Å². The summed E-state index contributed by atoms with van der Waals surface area (Å²) in [6, 6.07) is 0. The Labute approximate surface area is 61.1 Å². The third-order valence-corrected chi connectivity index (χ3v) is 1.32. The van der Waals surface area contributed by atoms with Gasteiger partial charge in [-0.2, -0.15) is 0 Å². The Morgan fingerprint density at radius 2 is 2.00 bits per heavy atom. The van der Waals surface area contributed by atoms with Crippen molar-refractivity contribution in [1.82, 2.24) is 5.32 Å². The molecule has 0 aliphatic rings. The van der Waals surface area contributed by atoms with Crippen LogP contribution in [0, 0.1) is 12.3 Å². The zero-order valence-corrected chi connectivity index (χ0v) is 6.09. The summed E-state index contributed by atoms with van der Waals surface area (Å²) in [6.07, 6.45) is 4.97. The van der Waals surface area contributed by atoms with Gasteiger partial charge in [-0.25, -0.2) is 0 Å². The summed E-state index contributed by atoms with van der Waals surface area (Å²) in [4.78, 5) is 0. The first-order valence-electron chi connectivity index (χ1n) is 3.09. The van der Waals surface area contributed by atoms with Crippen LogP contribution in [0.25, 0.3) is 0 Å². The summed E-state index contributed by atoms with van der Waals surface area (Å²) < 4.78 is 0. The van der Waals surface area contributed by atoms with Gasteiger partial charge in [-0.3, -0.25) is 5.32 Å². The first-order valence-corrected chi connectivity index (χ1v) is 3.09. The maximum absolute atomic E-state index is 8.72. The van der Waals surface area contributed by atoms with E-state index >= 15 is 0 Å². The molecular weight excluding hydrogens is 130 g/mol. The minimum atomic E-state index is -0.646. The van der Waals surface area contributed by atoms with Crippen molar-refractivity contribution in [2.45, 2.75) is 12.5 Å². The van der Waals surface area contributed by atoms with Crippen LogP contribution in [0.5, 0.6) is 0 Å². The van der Waals surface area contributed by atoms with Gasteiger partial charge in [-0.05, 0) is 6.92 Å². The Morgan fingerprint density at radius 3 is 2.30 bits per heavy atom. The number of aliphatic hydroxyl groups is 2. The molecule has 0 bridgehead atoms. The number of rotatable bonds is 4. The van der Waals surface area contributed by atoms with Crippen LogP contribution in [0.4, 0.5) is 0 Å². The molecule has 0 aromatic carbocycles. The molecule has 0 heterocycles. The molecule has 3 nitrogen and oxygen atoms in total. The number of terminal acetylenes is 1. The zero-order chi connectivity index (χ0) is 8.04. The molecule has 0 aliphatic heterocycles. The molecule has 0 amide bonds. The molecule has 0 radical (unpaired) electrons. The van der Waals surface area contributed by atoms with E-state index in [1.807, 2.05) is 0 Å². The van der Waals surface area contributed by atoms with E-state index in [-0.39, 0.29) is 13.2 Å². The summed E-state index contributed by atoms with van der Waals surface area (Å²) in [5.41, 5.74) is -0.646. The van der Waals surface area contributed by atoms with E-state index in [9.17, 15) is 0 Å². The van der Waals surface area contributed by atoms with Crippen molar-refractivity contribution in [2.75, 3.05) is 19.8 Å². The highest BCUT2D eigenvalue weighted by Gasteiger charge is 2.19. The minimum absolute atomic E-state index is 0.120. The van der Waals surface area contributed by atoms with Crippen molar-refractivity contribution < 1.29 is 10.2 Å². The summed E-state index contributed by atoms with van der Waals surface area (Å²) >= 11 is 0. The summed E-state index contributed by atoms with van der Waals surface area (Å²) in [7, 11) is 0. The standard InChI is InChI=1S/C7H13NO2/c1-3-4-8-7(2,5-9)6-10/h1,8-10H,4-6H2,2H3. The van der Waals surface area contributed by atoms with Gasteiger partial charge >= 0.3 is 0 Å². The van der Waals surface area contributed by atoms with Crippen molar-refractivity contribution in [1.29, 1.82) is 0 Å². The van der Waals surface area contributed by atoms with E-state index < -0.39 is 5.54 Å². The van der Waals surface area contributed by atoms with Gasteiger partial charge in [0.2, 0.25) is 0 Å². The maximum atomic E-state index is 8.72. The molecule has 0 saturated heterocycles. The smallest absolute Gasteiger partial charge is 0.0633 e. The van der Waals surface area contributed by atoms with Crippen LogP contribution in [0.1, 0.15) is 6.92 Å². The minimum Gasteiger partial charge on any atom is -0.394 e. The van der Waals surface area contributed by atoms with E-state index in [1.54, 1.807) is 6.92 Å². The van der Waals surface area contributed by atoms with Gasteiger partial charge < -0.3 is 10.2 Å². The predicted molar refractivity (Wildman–Crippen MR) is 39.4 cm³/mol.